The van der Waals surface area contributed by atoms with Gasteiger partial charge in [-0.25, -0.2) is 36.6 Å². The third kappa shape index (κ3) is 34.4. The maximum absolute atomic E-state index is 13.9. The van der Waals surface area contributed by atoms with Crippen molar-refractivity contribution < 1.29 is 93.4 Å². The molecule has 8 atom stereocenters. The van der Waals surface area contributed by atoms with Crippen molar-refractivity contribution in [1.29, 1.82) is 0 Å². The zero-order chi connectivity index (χ0) is 78.6. The first kappa shape index (κ1) is 89.8. The van der Waals surface area contributed by atoms with Crippen molar-refractivity contribution in [2.24, 2.45) is 28.8 Å². The molecule has 105 heavy (non-hydrogen) atoms. The van der Waals surface area contributed by atoms with Crippen LogP contribution in [-0.4, -0.2) is 199 Å². The minimum absolute atomic E-state index is 0.0158. The number of hydrogen-bond acceptors (Lipinski definition) is 21. The molecule has 12 amide bonds. The molecule has 0 spiro atoms. The molecule has 2 aliphatic rings. The summed E-state index contributed by atoms with van der Waals surface area (Å²) in [6.45, 7) is 12.4. The van der Waals surface area contributed by atoms with Gasteiger partial charge < -0.3 is 68.0 Å². The molecule has 2 aromatic rings. The number of benzene rings is 2. The number of carbonyl (C=O) groups excluding carboxylic acids is 14. The van der Waals surface area contributed by atoms with Gasteiger partial charge in [0.25, 0.3) is 11.8 Å². The highest BCUT2D eigenvalue weighted by Crippen LogP contribution is 2.29. The summed E-state index contributed by atoms with van der Waals surface area (Å²) in [5.74, 6) is -11.2. The van der Waals surface area contributed by atoms with E-state index in [-0.39, 0.29) is 61.3 Å². The quantitative estimate of drug-likeness (QED) is 0.0259. The van der Waals surface area contributed by atoms with Crippen LogP contribution in [0.3, 0.4) is 0 Å². The van der Waals surface area contributed by atoms with Gasteiger partial charge in [-0.2, -0.15) is 5.10 Å². The molecule has 0 aliphatic heterocycles. The summed E-state index contributed by atoms with van der Waals surface area (Å²) < 4.78 is 60.1. The van der Waals surface area contributed by atoms with E-state index in [2.05, 4.69) is 69.0 Å². The van der Waals surface area contributed by atoms with Gasteiger partial charge in [0.05, 0.1) is 49.9 Å². The second kappa shape index (κ2) is 45.7. The summed E-state index contributed by atoms with van der Waals surface area (Å²) in [6.07, 6.45) is 8.44. The van der Waals surface area contributed by atoms with Crippen LogP contribution < -0.4 is 63.9 Å². The predicted octanol–water partition coefficient (Wildman–Crippen LogP) is 2.24. The molecule has 4 rings (SSSR count). The fraction of sp³-hybridized carbons (Fsp3) is 0.614. The molecule has 0 heterocycles. The first-order chi connectivity index (χ1) is 49.5. The number of hydrazone groups is 1. The van der Waals surface area contributed by atoms with Gasteiger partial charge in [0.2, 0.25) is 41.2 Å². The van der Waals surface area contributed by atoms with Crippen LogP contribution in [0.15, 0.2) is 65.8 Å². The molecule has 0 saturated heterocycles. The summed E-state index contributed by atoms with van der Waals surface area (Å²) in [4.78, 5) is 181. The SMILES string of the molecule is CCC[C@H](NC(=O)[C@H](CS(C)(=O)=O)NC(=O)[C@@H](NC(=O)OCC(C)C)C1CCCCC1)C(=NNC(=O)NC)C(=O)NCC(=O)N[C@H](C(C)=O)c1ccccc1.CCC[C@H](NC(=O)[C@H](CS(C)(=O)=O)NC(=O)[C@@H](NC(=O)OCC(C)C)C1CCCCC1)C(=O)C(=O)NCC(=O)N[C@H](C(C)=O)c1ccccc1. The van der Waals surface area contributed by atoms with Gasteiger partial charge in [-0.3, -0.25) is 52.7 Å². The number of rotatable bonds is 39. The van der Waals surface area contributed by atoms with E-state index in [4.69, 9.17) is 9.47 Å². The second-order valence-electron chi connectivity index (χ2n) is 27.0. The fourth-order valence-corrected chi connectivity index (χ4v) is 13.1. The number of alkyl carbamates (subject to hydrolysis) is 2. The Kier molecular flexibility index (Phi) is 39.1. The van der Waals surface area contributed by atoms with Crippen LogP contribution in [0.1, 0.15) is 168 Å². The predicted molar refractivity (Wildman–Crippen MR) is 388 cm³/mol. The fourth-order valence-electron chi connectivity index (χ4n) is 11.4. The van der Waals surface area contributed by atoms with Gasteiger partial charge in [0.1, 0.15) is 61.6 Å². The van der Waals surface area contributed by atoms with Crippen molar-refractivity contribution in [3.05, 3.63) is 71.8 Å². The van der Waals surface area contributed by atoms with Gasteiger partial charge >= 0.3 is 18.2 Å². The molecule has 2 aromatic carbocycles. The van der Waals surface area contributed by atoms with Crippen LogP contribution in [0.2, 0.25) is 0 Å². The number of carbonyl (C=O) groups is 14. The largest absolute Gasteiger partial charge is 0.449 e. The number of urea groups is 1. The molecular weight excluding hydrogens is 1410 g/mol. The van der Waals surface area contributed by atoms with Gasteiger partial charge in [-0.05, 0) is 87.2 Å². The molecule has 0 aromatic heterocycles. The molecule has 2 aliphatic carbocycles. The maximum atomic E-state index is 13.9. The lowest BCUT2D eigenvalue weighted by Gasteiger charge is -2.31. The molecule has 0 unspecified atom stereocenters. The van der Waals surface area contributed by atoms with E-state index in [9.17, 15) is 84.0 Å². The lowest BCUT2D eigenvalue weighted by molar-refractivity contribution is -0.141. The number of ether oxygens (including phenoxy) is 2. The lowest BCUT2D eigenvalue weighted by Crippen LogP contribution is -2.60. The third-order valence-electron chi connectivity index (χ3n) is 16.6. The van der Waals surface area contributed by atoms with E-state index in [0.29, 0.717) is 49.7 Å². The van der Waals surface area contributed by atoms with Crippen LogP contribution in [0.4, 0.5) is 14.4 Å². The molecule has 2 saturated carbocycles. The van der Waals surface area contributed by atoms with Crippen LogP contribution in [-0.2, 0) is 81.9 Å². The normalized spacial score (nSPS) is 15.7. The minimum atomic E-state index is -3.90. The first-order valence-corrected chi connectivity index (χ1v) is 39.4. The average molecular weight is 1510 g/mol. The van der Waals surface area contributed by atoms with Crippen molar-refractivity contribution in [3.63, 3.8) is 0 Å². The number of hydrogen-bond donors (Lipinski definition) is 12. The zero-order valence-electron chi connectivity index (χ0n) is 61.8. The van der Waals surface area contributed by atoms with Crippen molar-refractivity contribution in [2.75, 3.05) is 57.4 Å². The molecule has 0 bridgehead atoms. The van der Waals surface area contributed by atoms with Crippen LogP contribution in [0, 0.1) is 23.7 Å². The highest BCUT2D eigenvalue weighted by Gasteiger charge is 2.39. The Morgan fingerprint density at radius 3 is 1.19 bits per heavy atom. The summed E-state index contributed by atoms with van der Waals surface area (Å²) in [5.41, 5.74) is 2.74. The highest BCUT2D eigenvalue weighted by atomic mass is 32.2. The molecule has 35 heteroatoms. The number of sulfone groups is 2. The Balaban J connectivity index is 0.000000548. The van der Waals surface area contributed by atoms with Gasteiger partial charge in [0.15, 0.2) is 11.6 Å². The summed E-state index contributed by atoms with van der Waals surface area (Å²) in [7, 11) is -6.46. The van der Waals surface area contributed by atoms with Crippen molar-refractivity contribution in [1.82, 2.24) is 63.9 Å². The lowest BCUT2D eigenvalue weighted by atomic mass is 9.83. The number of nitrogens with zero attached hydrogens (tertiary/aromatic N) is 1. The summed E-state index contributed by atoms with van der Waals surface area (Å²) in [5, 5.41) is 30.9. The van der Waals surface area contributed by atoms with Gasteiger partial charge in [0, 0.05) is 19.6 Å². The van der Waals surface area contributed by atoms with E-state index in [0.717, 1.165) is 51.0 Å². The Morgan fingerprint density at radius 2 is 0.838 bits per heavy atom. The Bertz CT molecular complexity index is 3550. The topological polar surface area (TPSA) is 482 Å². The first-order valence-electron chi connectivity index (χ1n) is 35.3. The number of ketones is 3. The van der Waals surface area contributed by atoms with Gasteiger partial charge in [-0.15, -0.1) is 0 Å². The van der Waals surface area contributed by atoms with Crippen molar-refractivity contribution >= 4 is 108 Å². The Labute approximate surface area is 614 Å². The van der Waals surface area contributed by atoms with Gasteiger partial charge in [-0.1, -0.05) is 154 Å². The number of nitrogens with one attached hydrogen (secondary N) is 12. The Morgan fingerprint density at radius 1 is 0.476 bits per heavy atom. The van der Waals surface area contributed by atoms with E-state index < -0.39 is 170 Å². The molecule has 33 nitrogen and oxygen atoms in total. The molecule has 12 N–H and O–H groups in total. The summed E-state index contributed by atoms with van der Waals surface area (Å²) in [6, 6.07) is 5.89. The van der Waals surface area contributed by atoms with Crippen molar-refractivity contribution in [2.45, 2.75) is 194 Å². The standard InChI is InChI=1S/C36H56N8O10S.C34H51N5O10S/c1-7-14-26(31(43-44-35(50)37-5)33(48)38-19-28(46)41-29(23(4)45)24-15-10-8-11-16-24)39-32(47)27(21-55(6,52)53)40-34(49)30(25-17-12-9-13-18-25)42-36(51)54-20-22(2)3;1-6-13-25(30(42)33(45)35-18-27(41)38-28(22(4)40)23-14-9-7-10-15-23)36-31(43)26(20-50(5,47)48)37-32(44)29(24-16-11-8-12-17-24)39-34(46)49-19-21(2)3/h8,10-11,15-16,22,25-27,29-30H,7,9,12-14,17-21H2,1-6H3,(H,38,48)(H,39,47)(H,40,49)(H,41,46)(H,42,51)(H2,37,44,50);7,9-10,14-15,21,24-26,28-29H,6,8,11-13,16-20H2,1-5H3,(H,35,45)(H,36,43)(H,37,44)(H,38,41)(H,39,46)/t26-,27-,29+,30-;25-,26-,28+,29-/m00/s1. The average Bonchev–Trinajstić information content (AvgIpc) is 0.853. The van der Waals surface area contributed by atoms with Crippen LogP contribution in [0.25, 0.3) is 0 Å². The maximum Gasteiger partial charge on any atom is 0.407 e. The highest BCUT2D eigenvalue weighted by molar-refractivity contribution is 7.91. The number of amides is 12. The van der Waals surface area contributed by atoms with Crippen molar-refractivity contribution in [3.8, 4) is 0 Å². The van der Waals surface area contributed by atoms with Crippen LogP contribution >= 0.6 is 0 Å². The van der Waals surface area contributed by atoms with E-state index in [1.54, 1.807) is 74.5 Å². The van der Waals surface area contributed by atoms with E-state index >= 15 is 0 Å². The summed E-state index contributed by atoms with van der Waals surface area (Å²) >= 11 is 0. The van der Waals surface area contributed by atoms with Crippen LogP contribution in [0.5, 0.6) is 0 Å². The molecule has 0 radical (unpaired) electrons. The monoisotopic (exact) mass is 1510 g/mol. The second-order valence-corrected chi connectivity index (χ2v) is 31.4. The third-order valence-corrected chi connectivity index (χ3v) is 18.4. The van der Waals surface area contributed by atoms with E-state index in [1.807, 2.05) is 27.7 Å². The number of Topliss-reactive ketones (excluding diaryl/α,β-unsaturated/α-hetero) is 3. The molecular formula is C70H107N13O20S2. The zero-order valence-corrected chi connectivity index (χ0v) is 63.4. The smallest absolute Gasteiger partial charge is 0.407 e. The molecule has 2 fully saturated rings. The Hall–Kier alpha value is -9.41. The molecule has 584 valence electrons. The van der Waals surface area contributed by atoms with E-state index in [1.165, 1.54) is 20.9 Å². The minimum Gasteiger partial charge on any atom is -0.449 e.